The van der Waals surface area contributed by atoms with Gasteiger partial charge in [0.25, 0.3) is 0 Å². The summed E-state index contributed by atoms with van der Waals surface area (Å²) in [6, 6.07) is 3.16. The fraction of sp³-hybridized carbons (Fsp3) is 0.143. The zero-order valence-corrected chi connectivity index (χ0v) is 14.9. The van der Waals surface area contributed by atoms with Crippen LogP contribution in [-0.4, -0.2) is 13.9 Å². The molecule has 0 radical (unpaired) electrons. The quantitative estimate of drug-likeness (QED) is 0.525. The highest BCUT2D eigenvalue weighted by molar-refractivity contribution is 14.1. The van der Waals surface area contributed by atoms with Crippen LogP contribution in [0.2, 0.25) is 0 Å². The second-order valence-corrected chi connectivity index (χ2v) is 8.04. The molecule has 1 aromatic rings. The molecule has 96 valence electrons. The number of anilines is 1. The summed E-state index contributed by atoms with van der Waals surface area (Å²) in [5.74, 6) is 0. The van der Waals surface area contributed by atoms with Crippen LogP contribution in [0.5, 0.6) is 0 Å². The van der Waals surface area contributed by atoms with E-state index in [-0.39, 0.29) is 5.69 Å². The van der Waals surface area contributed by atoms with Crippen LogP contribution in [-0.2, 0) is 10.0 Å². The number of hydrogen-bond acceptors (Lipinski definition) is 2. The molecule has 1 rings (SSSR count). The molecule has 0 saturated heterocycles. The van der Waals surface area contributed by atoms with Gasteiger partial charge in [0.05, 0.1) is 5.69 Å². The Balaban J connectivity index is 3.22. The summed E-state index contributed by atoms with van der Waals surface area (Å²) in [6.07, 6.45) is 0. The van der Waals surface area contributed by atoms with Crippen molar-refractivity contribution in [3.63, 3.8) is 0 Å². The summed E-state index contributed by atoms with van der Waals surface area (Å²) >= 11 is 5.54. The molecule has 0 aliphatic heterocycles. The Kier molecular flexibility index (Phi) is 5.20. The summed E-state index contributed by atoms with van der Waals surface area (Å²) < 4.78 is 61.7. The number of nitrogens with one attached hydrogen (secondary N) is 1. The lowest BCUT2D eigenvalue weighted by Crippen LogP contribution is -2.30. The summed E-state index contributed by atoms with van der Waals surface area (Å²) in [7, 11) is -5.37. The predicted octanol–water partition coefficient (Wildman–Crippen LogP) is 3.76. The highest BCUT2D eigenvalue weighted by atomic mass is 127. The van der Waals surface area contributed by atoms with Crippen molar-refractivity contribution >= 4 is 83.5 Å². The standard InChI is InChI=1S/C7H3F3I3NO2S/c8-7(9,10)17(15,16)14-6-4(12)1-3(11)2-5(6)13/h1-2,14H. The van der Waals surface area contributed by atoms with Gasteiger partial charge < -0.3 is 0 Å². The Morgan fingerprint density at radius 1 is 1.06 bits per heavy atom. The molecule has 0 atom stereocenters. The topological polar surface area (TPSA) is 46.2 Å². The Morgan fingerprint density at radius 3 is 1.82 bits per heavy atom. The van der Waals surface area contributed by atoms with Crippen LogP contribution >= 0.6 is 67.8 Å². The van der Waals surface area contributed by atoms with Crippen LogP contribution < -0.4 is 4.72 Å². The molecule has 0 saturated carbocycles. The van der Waals surface area contributed by atoms with Crippen molar-refractivity contribution in [2.45, 2.75) is 5.51 Å². The van der Waals surface area contributed by atoms with Crippen LogP contribution in [0, 0.1) is 10.7 Å². The van der Waals surface area contributed by atoms with Crippen molar-refractivity contribution < 1.29 is 21.6 Å². The van der Waals surface area contributed by atoms with Gasteiger partial charge in [-0.05, 0) is 79.9 Å². The number of halogens is 6. The monoisotopic (exact) mass is 603 g/mol. The van der Waals surface area contributed by atoms with Crippen molar-refractivity contribution in [1.82, 2.24) is 0 Å². The minimum atomic E-state index is -5.37. The molecule has 10 heteroatoms. The van der Waals surface area contributed by atoms with Gasteiger partial charge in [0.1, 0.15) is 0 Å². The van der Waals surface area contributed by atoms with Gasteiger partial charge in [0, 0.05) is 10.7 Å². The number of benzene rings is 1. The maximum Gasteiger partial charge on any atom is 0.516 e. The minimum absolute atomic E-state index is 0.0519. The van der Waals surface area contributed by atoms with E-state index in [0.717, 1.165) is 3.57 Å². The third-order valence-electron chi connectivity index (χ3n) is 1.55. The van der Waals surface area contributed by atoms with E-state index in [0.29, 0.717) is 7.14 Å². The second-order valence-electron chi connectivity index (χ2n) is 2.80. The van der Waals surface area contributed by atoms with E-state index < -0.39 is 15.5 Å². The molecule has 0 heterocycles. The summed E-state index contributed by atoms with van der Waals surface area (Å²) in [6.45, 7) is 0. The first-order chi connectivity index (χ1) is 7.54. The SMILES string of the molecule is O=S(=O)(Nc1c(I)cc(I)cc1I)C(F)(F)F. The van der Waals surface area contributed by atoms with Crippen molar-refractivity contribution in [2.75, 3.05) is 4.72 Å². The number of sulfonamides is 1. The van der Waals surface area contributed by atoms with Crippen LogP contribution in [0.25, 0.3) is 0 Å². The Morgan fingerprint density at radius 2 is 1.47 bits per heavy atom. The maximum absolute atomic E-state index is 12.2. The summed E-state index contributed by atoms with van der Waals surface area (Å²) in [4.78, 5) is 0. The fourth-order valence-corrected chi connectivity index (χ4v) is 5.65. The zero-order valence-electron chi connectivity index (χ0n) is 7.65. The Labute approximate surface area is 136 Å². The van der Waals surface area contributed by atoms with Crippen molar-refractivity contribution in [3.05, 3.63) is 22.8 Å². The molecule has 17 heavy (non-hydrogen) atoms. The third kappa shape index (κ3) is 3.95. The van der Waals surface area contributed by atoms with Gasteiger partial charge in [-0.2, -0.15) is 21.6 Å². The molecule has 0 aliphatic carbocycles. The van der Waals surface area contributed by atoms with E-state index >= 15 is 0 Å². The molecule has 0 fully saturated rings. The largest absolute Gasteiger partial charge is 0.516 e. The first-order valence-electron chi connectivity index (χ1n) is 3.78. The lowest BCUT2D eigenvalue weighted by atomic mass is 10.3. The van der Waals surface area contributed by atoms with E-state index in [9.17, 15) is 21.6 Å². The first-order valence-corrected chi connectivity index (χ1v) is 8.50. The lowest BCUT2D eigenvalue weighted by molar-refractivity contribution is -0.0429. The van der Waals surface area contributed by atoms with Gasteiger partial charge in [-0.15, -0.1) is 0 Å². The normalized spacial score (nSPS) is 12.6. The van der Waals surface area contributed by atoms with Crippen LogP contribution in [0.1, 0.15) is 0 Å². The van der Waals surface area contributed by atoms with E-state index in [1.807, 2.05) is 22.6 Å². The molecular formula is C7H3F3I3NO2S. The van der Waals surface area contributed by atoms with Gasteiger partial charge in [0.2, 0.25) is 0 Å². The summed E-state index contributed by atoms with van der Waals surface area (Å²) in [5, 5.41) is 0. The molecular weight excluding hydrogens is 600 g/mol. The van der Waals surface area contributed by atoms with Crippen molar-refractivity contribution in [1.29, 1.82) is 0 Å². The molecule has 0 aromatic heterocycles. The van der Waals surface area contributed by atoms with E-state index in [2.05, 4.69) is 0 Å². The smallest absolute Gasteiger partial charge is 0.274 e. The van der Waals surface area contributed by atoms with E-state index in [1.165, 1.54) is 0 Å². The van der Waals surface area contributed by atoms with Crippen LogP contribution in [0.3, 0.4) is 0 Å². The average Bonchev–Trinajstić information content (AvgIpc) is 2.09. The molecule has 0 spiro atoms. The predicted molar refractivity (Wildman–Crippen MR) is 83.2 cm³/mol. The highest BCUT2D eigenvalue weighted by Crippen LogP contribution is 2.31. The molecule has 0 unspecified atom stereocenters. The maximum atomic E-state index is 12.2. The minimum Gasteiger partial charge on any atom is -0.274 e. The molecule has 1 aromatic carbocycles. The highest BCUT2D eigenvalue weighted by Gasteiger charge is 2.46. The van der Waals surface area contributed by atoms with Crippen LogP contribution in [0.15, 0.2) is 12.1 Å². The van der Waals surface area contributed by atoms with Gasteiger partial charge in [-0.25, -0.2) is 0 Å². The van der Waals surface area contributed by atoms with Gasteiger partial charge >= 0.3 is 15.5 Å². The zero-order chi connectivity index (χ0) is 13.4. The Hall–Kier alpha value is 0.950. The van der Waals surface area contributed by atoms with Gasteiger partial charge in [0.15, 0.2) is 0 Å². The third-order valence-corrected chi connectivity index (χ3v) is 4.95. The fourth-order valence-electron chi connectivity index (χ4n) is 0.832. The van der Waals surface area contributed by atoms with E-state index in [4.69, 9.17) is 0 Å². The van der Waals surface area contributed by atoms with E-state index in [1.54, 1.807) is 62.0 Å². The number of alkyl halides is 3. The van der Waals surface area contributed by atoms with Crippen molar-refractivity contribution in [3.8, 4) is 0 Å². The van der Waals surface area contributed by atoms with Gasteiger partial charge in [-0.3, -0.25) is 4.72 Å². The first kappa shape index (κ1) is 16.0. The number of hydrogen-bond donors (Lipinski definition) is 1. The second kappa shape index (κ2) is 5.52. The molecule has 0 bridgehead atoms. The Bertz CT molecular complexity index is 521. The molecule has 0 amide bonds. The number of rotatable bonds is 2. The molecule has 0 aliphatic rings. The molecule has 1 N–H and O–H groups in total. The molecule has 3 nitrogen and oxygen atoms in total. The lowest BCUT2D eigenvalue weighted by Gasteiger charge is -2.13. The van der Waals surface area contributed by atoms with Gasteiger partial charge in [-0.1, -0.05) is 0 Å². The summed E-state index contributed by atoms with van der Waals surface area (Å²) in [5.41, 5.74) is -5.37. The average molecular weight is 603 g/mol. The van der Waals surface area contributed by atoms with Crippen molar-refractivity contribution in [2.24, 2.45) is 0 Å². The van der Waals surface area contributed by atoms with Crippen LogP contribution in [0.4, 0.5) is 18.9 Å².